The van der Waals surface area contributed by atoms with Crippen LogP contribution in [0.4, 0.5) is 0 Å². The second kappa shape index (κ2) is 4.49. The highest BCUT2D eigenvalue weighted by Crippen LogP contribution is 2.33. The SMILES string of the molecule is COc1cc(Br)nc([C@@H](O)C(C)(C)C)c1. The van der Waals surface area contributed by atoms with Crippen LogP contribution in [0.3, 0.4) is 0 Å². The van der Waals surface area contributed by atoms with Crippen molar-refractivity contribution in [2.45, 2.75) is 26.9 Å². The fraction of sp³-hybridized carbons (Fsp3) is 0.545. The van der Waals surface area contributed by atoms with Crippen LogP contribution in [0.2, 0.25) is 0 Å². The molecule has 0 unspecified atom stereocenters. The molecule has 1 heterocycles. The first-order valence-electron chi connectivity index (χ1n) is 4.74. The van der Waals surface area contributed by atoms with Crippen molar-refractivity contribution >= 4 is 15.9 Å². The summed E-state index contributed by atoms with van der Waals surface area (Å²) in [6.45, 7) is 5.90. The molecular formula is C11H16BrNO2. The first-order chi connectivity index (χ1) is 6.84. The van der Waals surface area contributed by atoms with E-state index in [2.05, 4.69) is 20.9 Å². The quantitative estimate of drug-likeness (QED) is 0.843. The molecule has 0 aromatic carbocycles. The van der Waals surface area contributed by atoms with Crippen molar-refractivity contribution in [3.05, 3.63) is 22.4 Å². The van der Waals surface area contributed by atoms with Crippen molar-refractivity contribution in [3.63, 3.8) is 0 Å². The lowest BCUT2D eigenvalue weighted by atomic mass is 9.87. The van der Waals surface area contributed by atoms with Crippen LogP contribution in [0.15, 0.2) is 16.7 Å². The van der Waals surface area contributed by atoms with Crippen LogP contribution in [-0.2, 0) is 0 Å². The molecule has 0 saturated heterocycles. The van der Waals surface area contributed by atoms with Gasteiger partial charge in [0.05, 0.1) is 12.8 Å². The van der Waals surface area contributed by atoms with Crippen molar-refractivity contribution in [1.29, 1.82) is 0 Å². The molecule has 0 radical (unpaired) electrons. The van der Waals surface area contributed by atoms with Gasteiger partial charge in [0.25, 0.3) is 0 Å². The van der Waals surface area contributed by atoms with Crippen molar-refractivity contribution in [2.24, 2.45) is 5.41 Å². The number of nitrogens with zero attached hydrogens (tertiary/aromatic N) is 1. The molecule has 0 aliphatic carbocycles. The summed E-state index contributed by atoms with van der Waals surface area (Å²) >= 11 is 3.29. The number of hydrogen-bond donors (Lipinski definition) is 1. The maximum atomic E-state index is 10.1. The van der Waals surface area contributed by atoms with Gasteiger partial charge >= 0.3 is 0 Å². The molecule has 0 amide bonds. The van der Waals surface area contributed by atoms with E-state index in [-0.39, 0.29) is 5.41 Å². The topological polar surface area (TPSA) is 42.4 Å². The number of aliphatic hydroxyl groups is 1. The van der Waals surface area contributed by atoms with Gasteiger partial charge in [-0.05, 0) is 21.3 Å². The Morgan fingerprint density at radius 1 is 1.40 bits per heavy atom. The number of aliphatic hydroxyl groups excluding tert-OH is 1. The monoisotopic (exact) mass is 273 g/mol. The van der Waals surface area contributed by atoms with Gasteiger partial charge in [0.2, 0.25) is 0 Å². The minimum atomic E-state index is -0.608. The molecule has 0 aliphatic rings. The lowest BCUT2D eigenvalue weighted by molar-refractivity contribution is 0.0586. The summed E-state index contributed by atoms with van der Waals surface area (Å²) in [5.41, 5.74) is 0.382. The Hall–Kier alpha value is -0.610. The molecule has 84 valence electrons. The van der Waals surface area contributed by atoms with Gasteiger partial charge in [-0.1, -0.05) is 20.8 Å². The minimum Gasteiger partial charge on any atom is -0.497 e. The van der Waals surface area contributed by atoms with E-state index in [0.29, 0.717) is 16.0 Å². The maximum absolute atomic E-state index is 10.1. The van der Waals surface area contributed by atoms with E-state index in [1.807, 2.05) is 20.8 Å². The Balaban J connectivity index is 3.09. The molecule has 15 heavy (non-hydrogen) atoms. The van der Waals surface area contributed by atoms with Crippen LogP contribution < -0.4 is 4.74 Å². The van der Waals surface area contributed by atoms with Crippen LogP contribution in [0.25, 0.3) is 0 Å². The smallest absolute Gasteiger partial charge is 0.123 e. The zero-order valence-electron chi connectivity index (χ0n) is 9.41. The zero-order valence-corrected chi connectivity index (χ0v) is 11.0. The summed E-state index contributed by atoms with van der Waals surface area (Å²) in [5.74, 6) is 0.690. The number of halogens is 1. The molecule has 0 saturated carbocycles. The number of pyridine rings is 1. The lowest BCUT2D eigenvalue weighted by Crippen LogP contribution is -2.19. The maximum Gasteiger partial charge on any atom is 0.123 e. The number of rotatable bonds is 2. The van der Waals surface area contributed by atoms with Gasteiger partial charge in [0, 0.05) is 12.1 Å². The van der Waals surface area contributed by atoms with Crippen LogP contribution in [0.5, 0.6) is 5.75 Å². The molecular weight excluding hydrogens is 258 g/mol. The van der Waals surface area contributed by atoms with Crippen LogP contribution in [0.1, 0.15) is 32.6 Å². The molecule has 0 bridgehead atoms. The third-order valence-corrected chi connectivity index (χ3v) is 2.53. The van der Waals surface area contributed by atoms with Gasteiger partial charge in [-0.3, -0.25) is 0 Å². The van der Waals surface area contributed by atoms with E-state index in [4.69, 9.17) is 4.74 Å². The second-order valence-corrected chi connectivity index (χ2v) is 5.34. The Morgan fingerprint density at radius 3 is 2.47 bits per heavy atom. The molecule has 4 heteroatoms. The summed E-state index contributed by atoms with van der Waals surface area (Å²) in [6.07, 6.45) is -0.608. The minimum absolute atomic E-state index is 0.237. The summed E-state index contributed by atoms with van der Waals surface area (Å²) < 4.78 is 5.78. The van der Waals surface area contributed by atoms with Crippen molar-refractivity contribution in [3.8, 4) is 5.75 Å². The summed E-state index contributed by atoms with van der Waals surface area (Å²) in [6, 6.07) is 3.51. The number of aromatic nitrogens is 1. The third kappa shape index (κ3) is 3.18. The average Bonchev–Trinajstić information content (AvgIpc) is 2.14. The van der Waals surface area contributed by atoms with E-state index in [0.717, 1.165) is 0 Å². The second-order valence-electron chi connectivity index (χ2n) is 4.52. The summed E-state index contributed by atoms with van der Waals surface area (Å²) in [5, 5.41) is 10.1. The lowest BCUT2D eigenvalue weighted by Gasteiger charge is -2.25. The highest BCUT2D eigenvalue weighted by molar-refractivity contribution is 9.10. The first-order valence-corrected chi connectivity index (χ1v) is 5.53. The highest BCUT2D eigenvalue weighted by Gasteiger charge is 2.25. The Morgan fingerprint density at radius 2 is 2.00 bits per heavy atom. The highest BCUT2D eigenvalue weighted by atomic mass is 79.9. The molecule has 3 nitrogen and oxygen atoms in total. The van der Waals surface area contributed by atoms with E-state index in [1.165, 1.54) is 0 Å². The summed E-state index contributed by atoms with van der Waals surface area (Å²) in [4.78, 5) is 4.23. The zero-order chi connectivity index (χ0) is 11.6. The molecule has 0 fully saturated rings. The van der Waals surface area contributed by atoms with E-state index < -0.39 is 6.10 Å². The van der Waals surface area contributed by atoms with Gasteiger partial charge in [-0.15, -0.1) is 0 Å². The van der Waals surface area contributed by atoms with Gasteiger partial charge < -0.3 is 9.84 Å². The van der Waals surface area contributed by atoms with Gasteiger partial charge in [-0.25, -0.2) is 4.98 Å². The number of hydrogen-bond acceptors (Lipinski definition) is 3. The third-order valence-electron chi connectivity index (χ3n) is 2.12. The Labute approximate surface area is 98.6 Å². The Kier molecular flexibility index (Phi) is 3.73. The predicted molar refractivity (Wildman–Crippen MR) is 62.9 cm³/mol. The largest absolute Gasteiger partial charge is 0.497 e. The molecule has 1 aromatic heterocycles. The number of methoxy groups -OCH3 is 1. The van der Waals surface area contributed by atoms with Crippen LogP contribution >= 0.6 is 15.9 Å². The van der Waals surface area contributed by atoms with E-state index in [9.17, 15) is 5.11 Å². The van der Waals surface area contributed by atoms with Crippen LogP contribution in [-0.4, -0.2) is 17.2 Å². The first kappa shape index (κ1) is 12.5. The molecule has 1 N–H and O–H groups in total. The molecule has 0 spiro atoms. The van der Waals surface area contributed by atoms with Crippen molar-refractivity contribution in [1.82, 2.24) is 4.98 Å². The van der Waals surface area contributed by atoms with Crippen LogP contribution in [0, 0.1) is 5.41 Å². The standard InChI is InChI=1S/C11H16BrNO2/c1-11(2,3)10(14)8-5-7(15-4)6-9(12)13-8/h5-6,10,14H,1-4H3/t10-/m1/s1. The molecule has 1 aromatic rings. The normalized spacial score (nSPS) is 13.7. The number of ether oxygens (including phenoxy) is 1. The predicted octanol–water partition coefficient (Wildman–Crippen LogP) is 2.93. The van der Waals surface area contributed by atoms with Crippen molar-refractivity contribution in [2.75, 3.05) is 7.11 Å². The van der Waals surface area contributed by atoms with Gasteiger partial charge in [-0.2, -0.15) is 0 Å². The summed E-state index contributed by atoms with van der Waals surface area (Å²) in [7, 11) is 1.59. The van der Waals surface area contributed by atoms with E-state index in [1.54, 1.807) is 19.2 Å². The van der Waals surface area contributed by atoms with Gasteiger partial charge in [0.15, 0.2) is 0 Å². The van der Waals surface area contributed by atoms with Gasteiger partial charge in [0.1, 0.15) is 16.5 Å². The molecule has 1 rings (SSSR count). The fourth-order valence-corrected chi connectivity index (χ4v) is 1.62. The van der Waals surface area contributed by atoms with E-state index >= 15 is 0 Å². The van der Waals surface area contributed by atoms with Crippen molar-refractivity contribution < 1.29 is 9.84 Å². The molecule has 0 aliphatic heterocycles. The Bertz CT molecular complexity index is 347. The molecule has 1 atom stereocenters. The average molecular weight is 274 g/mol. The fourth-order valence-electron chi connectivity index (χ4n) is 1.19.